The van der Waals surface area contributed by atoms with E-state index in [9.17, 15) is 9.59 Å². The molecule has 0 bridgehead atoms. The summed E-state index contributed by atoms with van der Waals surface area (Å²) >= 11 is 0. The Bertz CT molecular complexity index is 1140. The van der Waals surface area contributed by atoms with E-state index in [-0.39, 0.29) is 12.4 Å². The van der Waals surface area contributed by atoms with Gasteiger partial charge in [0, 0.05) is 23.2 Å². The summed E-state index contributed by atoms with van der Waals surface area (Å²) in [4.78, 5) is 25.4. The maximum absolute atomic E-state index is 12.8. The number of benzene rings is 2. The third-order valence-corrected chi connectivity index (χ3v) is 5.53. The van der Waals surface area contributed by atoms with E-state index in [1.807, 2.05) is 35.0 Å². The summed E-state index contributed by atoms with van der Waals surface area (Å²) in [6.45, 7) is 0.762. The highest BCUT2D eigenvalue weighted by atomic mass is 16.5. The number of para-hydroxylation sites is 1. The molecule has 3 aromatic rings. The van der Waals surface area contributed by atoms with E-state index in [0.29, 0.717) is 36.0 Å². The lowest BCUT2D eigenvalue weighted by atomic mass is 10.1. The second-order valence-electron chi connectivity index (χ2n) is 7.59. The van der Waals surface area contributed by atoms with Crippen LogP contribution in [0.2, 0.25) is 0 Å². The molecular formula is C24H22N2O5. The molecule has 1 aliphatic heterocycles. The van der Waals surface area contributed by atoms with Gasteiger partial charge in [0.15, 0.2) is 29.6 Å². The highest BCUT2D eigenvalue weighted by Crippen LogP contribution is 2.31. The summed E-state index contributed by atoms with van der Waals surface area (Å²) in [5.41, 5.74) is 3.56. The van der Waals surface area contributed by atoms with Crippen LogP contribution < -0.4 is 9.47 Å². The summed E-state index contributed by atoms with van der Waals surface area (Å²) < 4.78 is 18.4. The molecule has 0 saturated heterocycles. The number of nitrogens with zero attached hydrogens (tertiary/aromatic N) is 2. The third kappa shape index (κ3) is 3.79. The Kier molecular flexibility index (Phi) is 5.16. The van der Waals surface area contributed by atoms with Crippen LogP contribution in [0.1, 0.15) is 44.9 Å². The maximum Gasteiger partial charge on any atom is 0.359 e. The SMILES string of the molecule is O=C(COC(=O)c1nn(-c2ccccc2)c2c1CCC2)c1ccc2c(c1)OCCCO2. The summed E-state index contributed by atoms with van der Waals surface area (Å²) in [7, 11) is 0. The number of aromatic nitrogens is 2. The minimum Gasteiger partial charge on any atom is -0.490 e. The number of rotatable bonds is 5. The minimum absolute atomic E-state index is 0.294. The molecule has 0 atom stereocenters. The molecule has 0 fully saturated rings. The summed E-state index contributed by atoms with van der Waals surface area (Å²) in [5.74, 6) is 0.279. The first-order valence-electron chi connectivity index (χ1n) is 10.5. The molecule has 0 spiro atoms. The van der Waals surface area contributed by atoms with Crippen LogP contribution in [-0.4, -0.2) is 41.4 Å². The second kappa shape index (κ2) is 8.26. The van der Waals surface area contributed by atoms with E-state index >= 15 is 0 Å². The molecule has 1 aromatic heterocycles. The van der Waals surface area contributed by atoms with E-state index < -0.39 is 5.97 Å². The van der Waals surface area contributed by atoms with Crippen LogP contribution in [0.4, 0.5) is 0 Å². The summed E-state index contributed by atoms with van der Waals surface area (Å²) in [6, 6.07) is 14.7. The number of ketones is 1. The van der Waals surface area contributed by atoms with Crippen molar-refractivity contribution in [1.29, 1.82) is 0 Å². The van der Waals surface area contributed by atoms with Crippen molar-refractivity contribution in [2.45, 2.75) is 25.7 Å². The Hall–Kier alpha value is -3.61. The third-order valence-electron chi connectivity index (χ3n) is 5.53. The Morgan fingerprint density at radius 3 is 2.61 bits per heavy atom. The number of carbonyl (C=O) groups is 2. The average molecular weight is 418 g/mol. The minimum atomic E-state index is -0.574. The fourth-order valence-electron chi connectivity index (χ4n) is 4.00. The zero-order chi connectivity index (χ0) is 21.2. The second-order valence-corrected chi connectivity index (χ2v) is 7.59. The number of fused-ring (bicyclic) bond motifs is 2. The van der Waals surface area contributed by atoms with Gasteiger partial charge < -0.3 is 14.2 Å². The predicted molar refractivity (Wildman–Crippen MR) is 112 cm³/mol. The molecule has 7 heteroatoms. The van der Waals surface area contributed by atoms with Crippen LogP contribution in [0.25, 0.3) is 5.69 Å². The lowest BCUT2D eigenvalue weighted by Crippen LogP contribution is -2.16. The molecule has 0 saturated carbocycles. The van der Waals surface area contributed by atoms with Gasteiger partial charge in [0.2, 0.25) is 0 Å². The molecule has 2 aliphatic rings. The van der Waals surface area contributed by atoms with Gasteiger partial charge in [0.25, 0.3) is 0 Å². The van der Waals surface area contributed by atoms with Crippen LogP contribution in [0.15, 0.2) is 48.5 Å². The van der Waals surface area contributed by atoms with Crippen molar-refractivity contribution in [2.24, 2.45) is 0 Å². The lowest BCUT2D eigenvalue weighted by molar-refractivity contribution is 0.0467. The zero-order valence-electron chi connectivity index (χ0n) is 17.0. The predicted octanol–water partition coefficient (Wildman–Crippen LogP) is 3.56. The number of hydrogen-bond acceptors (Lipinski definition) is 6. The Labute approximate surface area is 179 Å². The van der Waals surface area contributed by atoms with Crippen molar-refractivity contribution in [3.05, 3.63) is 71.0 Å². The van der Waals surface area contributed by atoms with Crippen molar-refractivity contribution >= 4 is 11.8 Å². The van der Waals surface area contributed by atoms with Crippen molar-refractivity contribution < 1.29 is 23.8 Å². The van der Waals surface area contributed by atoms with E-state index in [4.69, 9.17) is 14.2 Å². The summed E-state index contributed by atoms with van der Waals surface area (Å²) in [5, 5.41) is 4.52. The van der Waals surface area contributed by atoms with Gasteiger partial charge in [-0.1, -0.05) is 18.2 Å². The molecular weight excluding hydrogens is 396 g/mol. The largest absolute Gasteiger partial charge is 0.490 e. The van der Waals surface area contributed by atoms with E-state index in [2.05, 4.69) is 5.10 Å². The van der Waals surface area contributed by atoms with Crippen molar-refractivity contribution in [1.82, 2.24) is 9.78 Å². The van der Waals surface area contributed by atoms with Gasteiger partial charge in [-0.3, -0.25) is 4.79 Å². The fraction of sp³-hybridized carbons (Fsp3) is 0.292. The number of ether oxygens (including phenoxy) is 3. The van der Waals surface area contributed by atoms with Crippen molar-refractivity contribution in [3.63, 3.8) is 0 Å². The quantitative estimate of drug-likeness (QED) is 0.466. The Morgan fingerprint density at radius 2 is 1.77 bits per heavy atom. The normalized spacial score (nSPS) is 14.6. The molecule has 31 heavy (non-hydrogen) atoms. The number of hydrogen-bond donors (Lipinski definition) is 0. The van der Waals surface area contributed by atoms with Crippen LogP contribution in [0.3, 0.4) is 0 Å². The molecule has 7 nitrogen and oxygen atoms in total. The van der Waals surface area contributed by atoms with Gasteiger partial charge in [0.05, 0.1) is 18.9 Å². The zero-order valence-corrected chi connectivity index (χ0v) is 17.0. The molecule has 0 amide bonds. The smallest absolute Gasteiger partial charge is 0.359 e. The number of Topliss-reactive ketones (excluding diaryl/α,β-unsaturated/α-hetero) is 1. The van der Waals surface area contributed by atoms with Gasteiger partial charge in [-0.15, -0.1) is 0 Å². The molecule has 0 radical (unpaired) electrons. The molecule has 0 N–H and O–H groups in total. The first-order valence-corrected chi connectivity index (χ1v) is 10.5. The van der Waals surface area contributed by atoms with Crippen molar-refractivity contribution in [2.75, 3.05) is 19.8 Å². The molecule has 2 heterocycles. The Morgan fingerprint density at radius 1 is 0.968 bits per heavy atom. The van der Waals surface area contributed by atoms with Gasteiger partial charge in [-0.2, -0.15) is 5.10 Å². The van der Waals surface area contributed by atoms with Crippen LogP contribution in [-0.2, 0) is 17.6 Å². The van der Waals surface area contributed by atoms with Gasteiger partial charge in [-0.05, 0) is 49.6 Å². The lowest BCUT2D eigenvalue weighted by Gasteiger charge is -2.09. The van der Waals surface area contributed by atoms with Crippen LogP contribution in [0.5, 0.6) is 11.5 Å². The number of carbonyl (C=O) groups excluding carboxylic acids is 2. The molecule has 5 rings (SSSR count). The standard InChI is InChI=1S/C24H22N2O5/c27-20(16-10-11-21-22(14-16)30-13-5-12-29-21)15-31-24(28)23-18-8-4-9-19(18)26(25-23)17-6-2-1-3-7-17/h1-3,6-7,10-11,14H,4-5,8-9,12-13,15H2. The average Bonchev–Trinajstić information content (AvgIpc) is 3.33. The van der Waals surface area contributed by atoms with E-state index in [1.54, 1.807) is 18.2 Å². The van der Waals surface area contributed by atoms with E-state index in [0.717, 1.165) is 42.6 Å². The van der Waals surface area contributed by atoms with Crippen LogP contribution >= 0.6 is 0 Å². The van der Waals surface area contributed by atoms with Crippen LogP contribution in [0, 0.1) is 0 Å². The van der Waals surface area contributed by atoms with Gasteiger partial charge in [0.1, 0.15) is 0 Å². The highest BCUT2D eigenvalue weighted by molar-refractivity contribution is 5.99. The van der Waals surface area contributed by atoms with E-state index in [1.165, 1.54) is 0 Å². The fourth-order valence-corrected chi connectivity index (χ4v) is 4.00. The number of esters is 1. The summed E-state index contributed by atoms with van der Waals surface area (Å²) in [6.07, 6.45) is 3.40. The van der Waals surface area contributed by atoms with Gasteiger partial charge >= 0.3 is 5.97 Å². The maximum atomic E-state index is 12.8. The highest BCUT2D eigenvalue weighted by Gasteiger charge is 2.28. The molecule has 2 aromatic carbocycles. The Balaban J connectivity index is 1.31. The topological polar surface area (TPSA) is 79.7 Å². The van der Waals surface area contributed by atoms with Gasteiger partial charge in [-0.25, -0.2) is 9.48 Å². The first-order chi connectivity index (χ1) is 15.2. The molecule has 0 unspecified atom stereocenters. The monoisotopic (exact) mass is 418 g/mol. The molecule has 158 valence electrons. The van der Waals surface area contributed by atoms with Crippen molar-refractivity contribution in [3.8, 4) is 17.2 Å². The molecule has 1 aliphatic carbocycles. The first kappa shape index (κ1) is 19.4.